The second-order valence-corrected chi connectivity index (χ2v) is 5.53. The van der Waals surface area contributed by atoms with E-state index in [2.05, 4.69) is 4.99 Å². The Balaban J connectivity index is 2.20. The smallest absolute Gasteiger partial charge is 0.326 e. The van der Waals surface area contributed by atoms with Crippen molar-refractivity contribution in [2.75, 3.05) is 6.61 Å². The zero-order valence-electron chi connectivity index (χ0n) is 12.3. The van der Waals surface area contributed by atoms with Crippen molar-refractivity contribution in [1.82, 2.24) is 4.57 Å². The number of esters is 1. The number of aliphatic imine (C=N–C) groups is 1. The topological polar surface area (TPSA) is 80.9 Å². The van der Waals surface area contributed by atoms with Gasteiger partial charge in [-0.05, 0) is 26.0 Å². The Labute approximate surface area is 131 Å². The molecule has 22 heavy (non-hydrogen) atoms. The van der Waals surface area contributed by atoms with Crippen LogP contribution in [0.2, 0.25) is 0 Å². The van der Waals surface area contributed by atoms with E-state index in [9.17, 15) is 14.7 Å². The maximum absolute atomic E-state index is 11.8. The highest BCUT2D eigenvalue weighted by molar-refractivity contribution is 7.11. The summed E-state index contributed by atoms with van der Waals surface area (Å²) >= 11 is 0.824. The number of carbonyl (C=O) groups is 1. The van der Waals surface area contributed by atoms with Crippen molar-refractivity contribution in [2.45, 2.75) is 20.4 Å². The minimum Gasteiger partial charge on any atom is -0.493 e. The molecule has 0 amide bonds. The lowest BCUT2D eigenvalue weighted by atomic mass is 10.2. The van der Waals surface area contributed by atoms with Crippen LogP contribution in [0.1, 0.15) is 17.4 Å². The maximum Gasteiger partial charge on any atom is 0.326 e. The fourth-order valence-corrected chi connectivity index (χ4v) is 2.49. The van der Waals surface area contributed by atoms with Crippen molar-refractivity contribution in [3.8, 4) is 5.88 Å². The van der Waals surface area contributed by atoms with Gasteiger partial charge in [0.25, 0.3) is 0 Å². The number of ether oxygens (including phenoxy) is 1. The van der Waals surface area contributed by atoms with Gasteiger partial charge in [0.1, 0.15) is 11.4 Å². The lowest BCUT2D eigenvalue weighted by molar-refractivity contribution is -0.143. The first kappa shape index (κ1) is 16.0. The summed E-state index contributed by atoms with van der Waals surface area (Å²) in [7, 11) is 0. The van der Waals surface area contributed by atoms with Crippen LogP contribution in [0.3, 0.4) is 0 Å². The number of hydrogen-bond donors (Lipinski definition) is 1. The highest BCUT2D eigenvalue weighted by atomic mass is 32.1. The molecule has 0 atom stereocenters. The molecular weight excluding hydrogens is 304 g/mol. The molecule has 1 aromatic heterocycles. The molecule has 0 aliphatic heterocycles. The van der Waals surface area contributed by atoms with Gasteiger partial charge in [-0.2, -0.15) is 0 Å². The molecular formula is C15H16N2O4S. The molecule has 0 unspecified atom stereocenters. The summed E-state index contributed by atoms with van der Waals surface area (Å²) in [6, 6.07) is 7.50. The number of benzene rings is 1. The molecule has 0 radical (unpaired) electrons. The average molecular weight is 320 g/mol. The van der Waals surface area contributed by atoms with E-state index in [1.165, 1.54) is 6.21 Å². The van der Waals surface area contributed by atoms with Crippen LogP contribution in [0.15, 0.2) is 34.1 Å². The molecule has 0 spiro atoms. The van der Waals surface area contributed by atoms with Gasteiger partial charge in [-0.3, -0.25) is 19.1 Å². The van der Waals surface area contributed by atoms with Gasteiger partial charge in [0.2, 0.25) is 5.88 Å². The van der Waals surface area contributed by atoms with Crippen molar-refractivity contribution in [3.05, 3.63) is 44.4 Å². The van der Waals surface area contributed by atoms with Crippen LogP contribution in [0.4, 0.5) is 5.69 Å². The van der Waals surface area contributed by atoms with Crippen molar-refractivity contribution < 1.29 is 14.6 Å². The fraction of sp³-hybridized carbons (Fsp3) is 0.267. The number of hydrogen-bond acceptors (Lipinski definition) is 6. The van der Waals surface area contributed by atoms with Gasteiger partial charge < -0.3 is 9.84 Å². The van der Waals surface area contributed by atoms with Gasteiger partial charge in [-0.25, -0.2) is 0 Å². The van der Waals surface area contributed by atoms with Gasteiger partial charge in [0.05, 0.1) is 18.5 Å². The zero-order chi connectivity index (χ0) is 16.1. The van der Waals surface area contributed by atoms with Gasteiger partial charge in [-0.15, -0.1) is 0 Å². The summed E-state index contributed by atoms with van der Waals surface area (Å²) in [5.41, 5.74) is 1.83. The first-order valence-corrected chi connectivity index (χ1v) is 7.52. The third-order valence-electron chi connectivity index (χ3n) is 2.85. The van der Waals surface area contributed by atoms with E-state index in [4.69, 9.17) is 4.74 Å². The van der Waals surface area contributed by atoms with E-state index in [1.54, 1.807) is 6.92 Å². The molecule has 0 aliphatic rings. The molecule has 1 heterocycles. The van der Waals surface area contributed by atoms with Crippen LogP contribution in [0, 0.1) is 6.92 Å². The quantitative estimate of drug-likeness (QED) is 0.676. The predicted octanol–water partition coefficient (Wildman–Crippen LogP) is 2.24. The Kier molecular flexibility index (Phi) is 5.11. The Morgan fingerprint density at radius 2 is 2.09 bits per heavy atom. The molecule has 2 rings (SSSR count). The van der Waals surface area contributed by atoms with Gasteiger partial charge >= 0.3 is 10.8 Å². The second-order valence-electron chi connectivity index (χ2n) is 4.54. The van der Waals surface area contributed by atoms with E-state index in [0.29, 0.717) is 10.6 Å². The lowest BCUT2D eigenvalue weighted by Crippen LogP contribution is -2.20. The van der Waals surface area contributed by atoms with E-state index >= 15 is 0 Å². The standard InChI is InChI=1S/C15H16N2O4S/c1-3-21-13(18)9-17-14(19)12(22-15(17)20)8-16-11-6-4-10(2)5-7-11/h4-8,19H,3,9H2,1-2H3. The van der Waals surface area contributed by atoms with Crippen LogP contribution in [-0.4, -0.2) is 28.5 Å². The molecule has 7 heteroatoms. The Bertz CT molecular complexity index is 744. The Hall–Kier alpha value is -2.41. The number of thiazole rings is 1. The summed E-state index contributed by atoms with van der Waals surface area (Å²) < 4.78 is 5.74. The largest absolute Gasteiger partial charge is 0.493 e. The molecule has 0 saturated heterocycles. The zero-order valence-corrected chi connectivity index (χ0v) is 13.1. The van der Waals surface area contributed by atoms with Crippen molar-refractivity contribution in [1.29, 1.82) is 0 Å². The molecule has 1 aromatic carbocycles. The van der Waals surface area contributed by atoms with Gasteiger partial charge in [-0.1, -0.05) is 29.0 Å². The molecule has 0 aliphatic carbocycles. The van der Waals surface area contributed by atoms with Crippen molar-refractivity contribution in [3.63, 3.8) is 0 Å². The maximum atomic E-state index is 11.8. The predicted molar refractivity (Wildman–Crippen MR) is 85.3 cm³/mol. The minimum atomic E-state index is -0.570. The molecule has 6 nitrogen and oxygen atoms in total. The molecule has 2 aromatic rings. The van der Waals surface area contributed by atoms with E-state index in [-0.39, 0.29) is 19.0 Å². The van der Waals surface area contributed by atoms with Crippen LogP contribution in [-0.2, 0) is 16.1 Å². The summed E-state index contributed by atoms with van der Waals surface area (Å²) in [4.78, 5) is 27.3. The molecule has 0 bridgehead atoms. The fourth-order valence-electron chi connectivity index (χ4n) is 1.74. The summed E-state index contributed by atoms with van der Waals surface area (Å²) in [6.07, 6.45) is 1.41. The Morgan fingerprint density at radius 1 is 1.41 bits per heavy atom. The third kappa shape index (κ3) is 3.82. The van der Waals surface area contributed by atoms with Crippen LogP contribution in [0.25, 0.3) is 0 Å². The number of carbonyl (C=O) groups excluding carboxylic acids is 1. The van der Waals surface area contributed by atoms with Crippen LogP contribution < -0.4 is 4.87 Å². The van der Waals surface area contributed by atoms with Crippen LogP contribution >= 0.6 is 11.3 Å². The number of aromatic nitrogens is 1. The van der Waals surface area contributed by atoms with E-state index < -0.39 is 10.8 Å². The highest BCUT2D eigenvalue weighted by Gasteiger charge is 2.15. The normalized spacial score (nSPS) is 11.0. The monoisotopic (exact) mass is 320 g/mol. The molecule has 0 fully saturated rings. The second kappa shape index (κ2) is 7.04. The minimum absolute atomic E-state index is 0.222. The highest BCUT2D eigenvalue weighted by Crippen LogP contribution is 2.19. The summed E-state index contributed by atoms with van der Waals surface area (Å²) in [6.45, 7) is 3.56. The molecule has 116 valence electrons. The summed E-state index contributed by atoms with van der Waals surface area (Å²) in [5, 5.41) is 10.0. The number of rotatable bonds is 5. The van der Waals surface area contributed by atoms with Crippen LogP contribution in [0.5, 0.6) is 5.88 Å². The molecule has 1 N–H and O–H groups in total. The number of nitrogens with zero attached hydrogens (tertiary/aromatic N) is 2. The van der Waals surface area contributed by atoms with E-state index in [1.807, 2.05) is 31.2 Å². The average Bonchev–Trinajstić information content (AvgIpc) is 2.75. The third-order valence-corrected chi connectivity index (χ3v) is 3.75. The summed E-state index contributed by atoms with van der Waals surface area (Å²) in [5.74, 6) is -0.848. The van der Waals surface area contributed by atoms with Gasteiger partial charge in [0.15, 0.2) is 0 Å². The Morgan fingerprint density at radius 3 is 2.73 bits per heavy atom. The SMILES string of the molecule is CCOC(=O)Cn1c(O)c(C=Nc2ccc(C)cc2)sc1=O. The molecule has 0 saturated carbocycles. The lowest BCUT2D eigenvalue weighted by Gasteiger charge is -2.03. The first-order valence-electron chi connectivity index (χ1n) is 6.70. The first-order chi connectivity index (χ1) is 10.5. The van der Waals surface area contributed by atoms with E-state index in [0.717, 1.165) is 21.5 Å². The number of aryl methyl sites for hydroxylation is 1. The van der Waals surface area contributed by atoms with Crippen molar-refractivity contribution >= 4 is 29.2 Å². The van der Waals surface area contributed by atoms with Crippen molar-refractivity contribution in [2.24, 2.45) is 4.99 Å². The van der Waals surface area contributed by atoms with Gasteiger partial charge in [0, 0.05) is 0 Å². The number of aromatic hydroxyl groups is 1.